The van der Waals surface area contributed by atoms with Crippen LogP contribution < -0.4 is 0 Å². The Labute approximate surface area is 162 Å². The van der Waals surface area contributed by atoms with E-state index in [0.29, 0.717) is 32.6 Å². The molecule has 1 fully saturated rings. The maximum Gasteiger partial charge on any atom is 0.223 e. The van der Waals surface area contributed by atoms with E-state index < -0.39 is 0 Å². The van der Waals surface area contributed by atoms with Crippen LogP contribution in [-0.4, -0.2) is 52.8 Å². The summed E-state index contributed by atoms with van der Waals surface area (Å²) in [6, 6.07) is 10.3. The van der Waals surface area contributed by atoms with E-state index in [4.69, 9.17) is 0 Å². The van der Waals surface area contributed by atoms with E-state index in [9.17, 15) is 9.59 Å². The molecule has 0 spiro atoms. The highest BCUT2D eigenvalue weighted by Crippen LogP contribution is 2.34. The van der Waals surface area contributed by atoms with Gasteiger partial charge in [0, 0.05) is 62.5 Å². The number of piperazine rings is 1. The second kappa shape index (κ2) is 7.56. The molecule has 1 unspecified atom stereocenters. The molecular weight excluding hydrogens is 358 g/mol. The van der Waals surface area contributed by atoms with Crippen LogP contribution in [0.5, 0.6) is 0 Å². The summed E-state index contributed by atoms with van der Waals surface area (Å²) in [6.07, 6.45) is 2.48. The summed E-state index contributed by atoms with van der Waals surface area (Å²) in [5.41, 5.74) is 3.44. The summed E-state index contributed by atoms with van der Waals surface area (Å²) in [7, 11) is 0. The quantitative estimate of drug-likeness (QED) is 0.753. The van der Waals surface area contributed by atoms with E-state index in [2.05, 4.69) is 33.9 Å². The van der Waals surface area contributed by atoms with Crippen molar-refractivity contribution in [2.45, 2.75) is 19.3 Å². The molecule has 0 aliphatic carbocycles. The zero-order valence-electron chi connectivity index (χ0n) is 15.4. The number of nitrogens with zero attached hydrogens (tertiary/aromatic N) is 2. The number of hydrogen-bond acceptors (Lipinski definition) is 3. The van der Waals surface area contributed by atoms with Crippen molar-refractivity contribution in [1.82, 2.24) is 14.8 Å². The molecule has 1 saturated heterocycles. The number of hydrogen-bond donors (Lipinski definition) is 1. The molecule has 1 aliphatic heterocycles. The van der Waals surface area contributed by atoms with Gasteiger partial charge in [-0.2, -0.15) is 11.3 Å². The third-order valence-electron chi connectivity index (χ3n) is 5.40. The lowest BCUT2D eigenvalue weighted by Gasteiger charge is -2.35. The highest BCUT2D eigenvalue weighted by molar-refractivity contribution is 7.08. The smallest absolute Gasteiger partial charge is 0.223 e. The molecule has 1 N–H and O–H groups in total. The highest BCUT2D eigenvalue weighted by Gasteiger charge is 2.27. The third-order valence-corrected chi connectivity index (χ3v) is 6.10. The Morgan fingerprint density at radius 1 is 1.11 bits per heavy atom. The molecule has 140 valence electrons. The van der Waals surface area contributed by atoms with Crippen LogP contribution >= 0.6 is 11.3 Å². The van der Waals surface area contributed by atoms with Crippen LogP contribution in [0.2, 0.25) is 0 Å². The van der Waals surface area contributed by atoms with Gasteiger partial charge in [-0.1, -0.05) is 18.2 Å². The second-order valence-corrected chi connectivity index (χ2v) is 7.77. The first-order valence-electron chi connectivity index (χ1n) is 9.25. The SMILES string of the molecule is CC(=O)N1CCN(C(=O)CC(c2ccsc2)c2c[nH]c3ccccc23)CC1. The number of thiophene rings is 1. The van der Waals surface area contributed by atoms with Crippen molar-refractivity contribution < 1.29 is 9.59 Å². The van der Waals surface area contributed by atoms with Gasteiger partial charge in [-0.3, -0.25) is 9.59 Å². The molecular formula is C21H23N3O2S. The predicted molar refractivity (Wildman–Crippen MR) is 108 cm³/mol. The molecule has 27 heavy (non-hydrogen) atoms. The molecule has 2 amide bonds. The number of rotatable bonds is 4. The molecule has 1 aromatic carbocycles. The average molecular weight is 382 g/mol. The summed E-state index contributed by atoms with van der Waals surface area (Å²) < 4.78 is 0. The number of benzene rings is 1. The first-order chi connectivity index (χ1) is 13.1. The number of para-hydroxylation sites is 1. The van der Waals surface area contributed by atoms with E-state index >= 15 is 0 Å². The van der Waals surface area contributed by atoms with Gasteiger partial charge in [0.15, 0.2) is 0 Å². The minimum absolute atomic E-state index is 0.0331. The molecule has 0 saturated carbocycles. The van der Waals surface area contributed by atoms with Gasteiger partial charge in [-0.05, 0) is 34.0 Å². The Hall–Kier alpha value is -2.60. The number of nitrogens with one attached hydrogen (secondary N) is 1. The maximum atomic E-state index is 13.0. The number of amides is 2. The van der Waals surface area contributed by atoms with Crippen LogP contribution in [0, 0.1) is 0 Å². The van der Waals surface area contributed by atoms with Crippen LogP contribution in [0.4, 0.5) is 0 Å². The highest BCUT2D eigenvalue weighted by atomic mass is 32.1. The number of H-pyrrole nitrogens is 1. The van der Waals surface area contributed by atoms with E-state index in [1.165, 1.54) is 16.5 Å². The molecule has 3 heterocycles. The van der Waals surface area contributed by atoms with Crippen molar-refractivity contribution in [2.24, 2.45) is 0 Å². The van der Waals surface area contributed by atoms with Crippen molar-refractivity contribution in [2.75, 3.05) is 26.2 Å². The molecule has 2 aromatic heterocycles. The second-order valence-electron chi connectivity index (χ2n) is 6.99. The van der Waals surface area contributed by atoms with Gasteiger partial charge >= 0.3 is 0 Å². The molecule has 0 bridgehead atoms. The van der Waals surface area contributed by atoms with Crippen LogP contribution in [0.1, 0.15) is 30.4 Å². The zero-order chi connectivity index (χ0) is 18.8. The van der Waals surface area contributed by atoms with Gasteiger partial charge in [0.2, 0.25) is 11.8 Å². The molecule has 5 nitrogen and oxygen atoms in total. The lowest BCUT2D eigenvalue weighted by molar-refractivity contribution is -0.138. The Kier molecular flexibility index (Phi) is 4.99. The van der Waals surface area contributed by atoms with Gasteiger partial charge < -0.3 is 14.8 Å². The lowest BCUT2D eigenvalue weighted by atomic mass is 9.89. The standard InChI is InChI=1S/C21H23N3O2S/c1-15(25)23-7-9-24(10-8-23)21(26)12-18(16-6-11-27-14-16)19-13-22-20-5-3-2-4-17(19)20/h2-6,11,13-14,18,22H,7-10,12H2,1H3. The van der Waals surface area contributed by atoms with Crippen molar-refractivity contribution in [3.05, 3.63) is 58.4 Å². The van der Waals surface area contributed by atoms with Crippen molar-refractivity contribution in [3.63, 3.8) is 0 Å². The van der Waals surface area contributed by atoms with Gasteiger partial charge in [0.25, 0.3) is 0 Å². The van der Waals surface area contributed by atoms with Gasteiger partial charge in [-0.25, -0.2) is 0 Å². The van der Waals surface area contributed by atoms with E-state index in [0.717, 1.165) is 5.52 Å². The van der Waals surface area contributed by atoms with E-state index in [1.807, 2.05) is 23.2 Å². The number of fused-ring (bicyclic) bond motifs is 1. The average Bonchev–Trinajstić information content (AvgIpc) is 3.36. The van der Waals surface area contributed by atoms with Crippen LogP contribution in [-0.2, 0) is 9.59 Å². The molecule has 1 atom stereocenters. The fraction of sp³-hybridized carbons (Fsp3) is 0.333. The normalized spacial score (nSPS) is 15.9. The predicted octanol–water partition coefficient (Wildman–Crippen LogP) is 3.44. The van der Waals surface area contributed by atoms with E-state index in [1.54, 1.807) is 23.2 Å². The van der Waals surface area contributed by atoms with E-state index in [-0.39, 0.29) is 17.7 Å². The molecule has 6 heteroatoms. The maximum absolute atomic E-state index is 13.0. The van der Waals surface area contributed by atoms with Crippen LogP contribution in [0.15, 0.2) is 47.3 Å². The Morgan fingerprint density at radius 3 is 2.56 bits per heavy atom. The van der Waals surface area contributed by atoms with Crippen molar-refractivity contribution >= 4 is 34.1 Å². The van der Waals surface area contributed by atoms with Gasteiger partial charge in [0.1, 0.15) is 0 Å². The molecule has 4 rings (SSSR count). The number of carbonyl (C=O) groups is 2. The monoisotopic (exact) mass is 381 g/mol. The summed E-state index contributed by atoms with van der Waals surface area (Å²) >= 11 is 1.66. The number of aromatic amines is 1. The van der Waals surface area contributed by atoms with Gasteiger partial charge in [-0.15, -0.1) is 0 Å². The molecule has 1 aliphatic rings. The lowest BCUT2D eigenvalue weighted by Crippen LogP contribution is -2.50. The Morgan fingerprint density at radius 2 is 1.85 bits per heavy atom. The van der Waals surface area contributed by atoms with Crippen molar-refractivity contribution in [3.8, 4) is 0 Å². The fourth-order valence-electron chi connectivity index (χ4n) is 3.84. The summed E-state index contributed by atoms with van der Waals surface area (Å²) in [5.74, 6) is 0.266. The first kappa shape index (κ1) is 17.8. The molecule has 3 aromatic rings. The summed E-state index contributed by atoms with van der Waals surface area (Å²) in [5, 5.41) is 5.36. The Bertz CT molecular complexity index is 939. The van der Waals surface area contributed by atoms with Gasteiger partial charge in [0.05, 0.1) is 0 Å². The third kappa shape index (κ3) is 3.62. The largest absolute Gasteiger partial charge is 0.361 e. The first-order valence-corrected chi connectivity index (χ1v) is 10.2. The minimum Gasteiger partial charge on any atom is -0.361 e. The van der Waals surface area contributed by atoms with Crippen LogP contribution in [0.3, 0.4) is 0 Å². The topological polar surface area (TPSA) is 56.4 Å². The van der Waals surface area contributed by atoms with Crippen molar-refractivity contribution in [1.29, 1.82) is 0 Å². The van der Waals surface area contributed by atoms with Crippen LogP contribution in [0.25, 0.3) is 10.9 Å². The number of carbonyl (C=O) groups excluding carboxylic acids is 2. The Balaban J connectivity index is 1.56. The summed E-state index contributed by atoms with van der Waals surface area (Å²) in [4.78, 5) is 31.6. The summed E-state index contributed by atoms with van der Waals surface area (Å²) in [6.45, 7) is 4.06. The minimum atomic E-state index is 0.0331. The fourth-order valence-corrected chi connectivity index (χ4v) is 4.55. The molecule has 0 radical (unpaired) electrons. The zero-order valence-corrected chi connectivity index (χ0v) is 16.2. The number of aromatic nitrogens is 1.